The van der Waals surface area contributed by atoms with E-state index in [4.69, 9.17) is 23.2 Å². The van der Waals surface area contributed by atoms with Gasteiger partial charge in [-0.15, -0.1) is 0 Å². The molecule has 4 rings (SSSR count). The molecule has 2 aromatic rings. The van der Waals surface area contributed by atoms with Crippen molar-refractivity contribution in [3.05, 3.63) is 57.2 Å². The van der Waals surface area contributed by atoms with Crippen LogP contribution in [0.5, 0.6) is 0 Å². The number of nitrogens with one attached hydrogen (secondary N) is 1. The molecule has 0 saturated carbocycles. The lowest BCUT2D eigenvalue weighted by molar-refractivity contribution is -0.128. The minimum absolute atomic E-state index is 0.105. The zero-order valence-corrected chi connectivity index (χ0v) is 23.0. The molecule has 0 spiro atoms. The summed E-state index contributed by atoms with van der Waals surface area (Å²) >= 11 is 12.8. The number of hydrogen-bond acceptors (Lipinski definition) is 6. The molecule has 8 nitrogen and oxygen atoms in total. The average Bonchev–Trinajstić information content (AvgIpc) is 2.82. The van der Waals surface area contributed by atoms with Gasteiger partial charge in [0.15, 0.2) is 5.65 Å². The van der Waals surface area contributed by atoms with Crippen LogP contribution in [0.2, 0.25) is 10.2 Å². The second-order valence-electron chi connectivity index (χ2n) is 10.1. The van der Waals surface area contributed by atoms with Crippen molar-refractivity contribution in [1.29, 1.82) is 0 Å². The summed E-state index contributed by atoms with van der Waals surface area (Å²) in [6, 6.07) is 1.51. The van der Waals surface area contributed by atoms with Crippen molar-refractivity contribution in [1.82, 2.24) is 24.8 Å². The fourth-order valence-electron chi connectivity index (χ4n) is 5.10. The molecule has 1 saturated heterocycles. The van der Waals surface area contributed by atoms with Crippen molar-refractivity contribution in [3.63, 3.8) is 0 Å². The van der Waals surface area contributed by atoms with E-state index in [9.17, 15) is 9.59 Å². The Morgan fingerprint density at radius 3 is 2.58 bits per heavy atom. The summed E-state index contributed by atoms with van der Waals surface area (Å²) in [6.07, 6.45) is 5.16. The molecule has 0 bridgehead atoms. The van der Waals surface area contributed by atoms with E-state index < -0.39 is 11.2 Å². The number of hydrogen-bond donors (Lipinski definition) is 1. The number of fused-ring (bicyclic) bond motifs is 1. The Bertz CT molecular complexity index is 1360. The highest BCUT2D eigenvalue weighted by Crippen LogP contribution is 2.38. The van der Waals surface area contributed by atoms with E-state index >= 15 is 0 Å². The normalized spacial score (nSPS) is 24.5. The van der Waals surface area contributed by atoms with E-state index in [1.807, 2.05) is 37.9 Å². The molecule has 3 atom stereocenters. The summed E-state index contributed by atoms with van der Waals surface area (Å²) in [7, 11) is 0. The summed E-state index contributed by atoms with van der Waals surface area (Å²) in [5.41, 5.74) is 1.08. The fraction of sp³-hybridized carbons (Fsp3) is 0.462. The molecule has 2 aliphatic rings. The Labute approximate surface area is 221 Å². The molecular weight excluding hydrogens is 499 g/mol. The minimum Gasteiger partial charge on any atom is -0.380 e. The Hall–Kier alpha value is -2.84. The van der Waals surface area contributed by atoms with Crippen LogP contribution in [0.15, 0.2) is 41.4 Å². The van der Waals surface area contributed by atoms with Gasteiger partial charge in [-0.3, -0.25) is 4.79 Å². The topological polar surface area (TPSA) is 83.4 Å². The summed E-state index contributed by atoms with van der Waals surface area (Å²) < 4.78 is 1.55. The average molecular weight is 531 g/mol. The van der Waals surface area contributed by atoms with Gasteiger partial charge in [-0.25, -0.2) is 14.3 Å². The van der Waals surface area contributed by atoms with Gasteiger partial charge >= 0.3 is 5.69 Å². The van der Waals surface area contributed by atoms with Crippen LogP contribution in [0, 0.1) is 5.92 Å². The summed E-state index contributed by atoms with van der Waals surface area (Å²) in [5.74, 6) is 0.506. The van der Waals surface area contributed by atoms with Crippen LogP contribution in [0.25, 0.3) is 16.7 Å². The molecular formula is C26H32Cl2N6O2. The van der Waals surface area contributed by atoms with Gasteiger partial charge in [0.1, 0.15) is 11.0 Å². The van der Waals surface area contributed by atoms with Crippen molar-refractivity contribution >= 4 is 51.7 Å². The lowest BCUT2D eigenvalue weighted by Crippen LogP contribution is -2.58. The number of carbonyl (C=O) groups is 1. The lowest BCUT2D eigenvalue weighted by atomic mass is 9.81. The van der Waals surface area contributed by atoms with E-state index in [2.05, 4.69) is 42.6 Å². The Morgan fingerprint density at radius 2 is 1.94 bits per heavy atom. The third-order valence-corrected chi connectivity index (χ3v) is 8.11. The predicted octanol–water partition coefficient (Wildman–Crippen LogP) is 4.47. The molecule has 0 aromatic carbocycles. The summed E-state index contributed by atoms with van der Waals surface area (Å²) in [6.45, 7) is 16.8. The first-order valence-electron chi connectivity index (χ1n) is 12.0. The largest absolute Gasteiger partial charge is 0.380 e. The van der Waals surface area contributed by atoms with E-state index in [1.165, 1.54) is 6.08 Å². The molecule has 36 heavy (non-hydrogen) atoms. The number of anilines is 1. The number of allylic oxidation sites excluding steroid dienone is 2. The molecule has 1 unspecified atom stereocenters. The maximum atomic E-state index is 13.8. The standard InChI is InChI=1S/C26H32Cl2N6O2/c1-8-20(35)32-12-17(6)33(13-16(32)5)23-18-11-19(27)22(28)30-24(18)34(25(36)31-23)21-15(4)9-10-29-26(21,7)14(2)3/h8-11,14,16-17,29H,1,12-13H2,2-7H3/t16-,17+,26?/m1/s1. The quantitative estimate of drug-likeness (QED) is 0.463. The maximum absolute atomic E-state index is 13.8. The summed E-state index contributed by atoms with van der Waals surface area (Å²) in [4.78, 5) is 39.1. The predicted molar refractivity (Wildman–Crippen MR) is 146 cm³/mol. The minimum atomic E-state index is -0.551. The van der Waals surface area contributed by atoms with Gasteiger partial charge in [0.2, 0.25) is 5.91 Å². The second-order valence-corrected chi connectivity index (χ2v) is 10.9. The molecule has 4 heterocycles. The third kappa shape index (κ3) is 4.20. The van der Waals surface area contributed by atoms with Crippen LogP contribution in [0.3, 0.4) is 0 Å². The van der Waals surface area contributed by atoms with Crippen LogP contribution < -0.4 is 15.9 Å². The molecule has 10 heteroatoms. The highest BCUT2D eigenvalue weighted by atomic mass is 35.5. The zero-order valence-electron chi connectivity index (χ0n) is 21.5. The van der Waals surface area contributed by atoms with Gasteiger partial charge in [-0.2, -0.15) is 4.98 Å². The highest BCUT2D eigenvalue weighted by molar-refractivity contribution is 6.41. The van der Waals surface area contributed by atoms with Crippen molar-refractivity contribution in [2.75, 3.05) is 18.0 Å². The third-order valence-electron chi connectivity index (χ3n) is 7.43. The molecule has 0 radical (unpaired) electrons. The maximum Gasteiger partial charge on any atom is 0.355 e. The lowest BCUT2D eigenvalue weighted by Gasteiger charge is -2.45. The Morgan fingerprint density at radius 1 is 1.25 bits per heavy atom. The van der Waals surface area contributed by atoms with Gasteiger partial charge in [-0.1, -0.05) is 43.6 Å². The number of piperazine rings is 1. The van der Waals surface area contributed by atoms with Crippen LogP contribution in [0.4, 0.5) is 5.82 Å². The number of carbonyl (C=O) groups excluding carboxylic acids is 1. The zero-order chi connectivity index (χ0) is 26.5. The van der Waals surface area contributed by atoms with Gasteiger partial charge < -0.3 is 15.1 Å². The van der Waals surface area contributed by atoms with E-state index in [0.717, 1.165) is 11.3 Å². The van der Waals surface area contributed by atoms with Crippen molar-refractivity contribution < 1.29 is 4.79 Å². The van der Waals surface area contributed by atoms with Crippen molar-refractivity contribution in [3.8, 4) is 0 Å². The first-order valence-corrected chi connectivity index (χ1v) is 12.8. The van der Waals surface area contributed by atoms with Crippen LogP contribution in [0.1, 0.15) is 41.5 Å². The van der Waals surface area contributed by atoms with Crippen LogP contribution >= 0.6 is 23.2 Å². The molecule has 1 fully saturated rings. The van der Waals surface area contributed by atoms with Gasteiger partial charge in [0, 0.05) is 25.2 Å². The first-order chi connectivity index (χ1) is 16.9. The number of aromatic nitrogens is 3. The molecule has 1 amide bonds. The SMILES string of the molecule is C=CC(=O)N1C[C@H](C)N(c2nc(=O)n(C3=C(C)C=CNC3(C)C(C)C)c3nc(Cl)c(Cl)cc23)C[C@H]1C. The Balaban J connectivity index is 1.97. The van der Waals surface area contributed by atoms with Gasteiger partial charge in [0.25, 0.3) is 0 Å². The van der Waals surface area contributed by atoms with Gasteiger partial charge in [-0.05, 0) is 63.6 Å². The fourth-order valence-corrected chi connectivity index (χ4v) is 5.38. The number of halogens is 2. The molecule has 1 N–H and O–H groups in total. The van der Waals surface area contributed by atoms with Crippen molar-refractivity contribution in [2.24, 2.45) is 5.92 Å². The molecule has 2 aliphatic heterocycles. The second kappa shape index (κ2) is 9.56. The van der Waals surface area contributed by atoms with E-state index in [-0.39, 0.29) is 34.1 Å². The van der Waals surface area contributed by atoms with Crippen molar-refractivity contribution in [2.45, 2.75) is 59.2 Å². The molecule has 192 valence electrons. The number of dihydropyridines is 1. The highest BCUT2D eigenvalue weighted by Gasteiger charge is 2.39. The number of rotatable bonds is 4. The molecule has 2 aromatic heterocycles. The number of amides is 1. The summed E-state index contributed by atoms with van der Waals surface area (Å²) in [5, 5.41) is 4.44. The van der Waals surface area contributed by atoms with E-state index in [1.54, 1.807) is 15.5 Å². The van der Waals surface area contributed by atoms with Crippen LogP contribution in [-0.2, 0) is 4.79 Å². The molecule has 0 aliphatic carbocycles. The monoisotopic (exact) mass is 530 g/mol. The van der Waals surface area contributed by atoms with Gasteiger partial charge in [0.05, 0.1) is 21.6 Å². The number of nitrogens with zero attached hydrogens (tertiary/aromatic N) is 5. The smallest absolute Gasteiger partial charge is 0.355 e. The Kier molecular flexibility index (Phi) is 6.96. The number of pyridine rings is 1. The van der Waals surface area contributed by atoms with Crippen LogP contribution in [-0.4, -0.2) is 56.1 Å². The van der Waals surface area contributed by atoms with E-state index in [0.29, 0.717) is 29.9 Å². The first kappa shape index (κ1) is 26.2.